The fourth-order valence-corrected chi connectivity index (χ4v) is 2.57. The summed E-state index contributed by atoms with van der Waals surface area (Å²) in [6.07, 6.45) is 1.06. The Bertz CT molecular complexity index is 541. The van der Waals surface area contributed by atoms with Crippen LogP contribution in [0.3, 0.4) is 0 Å². The second kappa shape index (κ2) is 5.05. The van der Waals surface area contributed by atoms with E-state index in [1.807, 2.05) is 0 Å². The molecule has 0 atom stereocenters. The molecule has 2 aromatic carbocycles. The molecule has 0 nitrogen and oxygen atoms in total. The molecule has 0 heterocycles. The van der Waals surface area contributed by atoms with Crippen LogP contribution < -0.4 is 0 Å². The molecule has 1 heteroatoms. The monoisotopic (exact) mass is 288 g/mol. The van der Waals surface area contributed by atoms with Crippen LogP contribution in [0.4, 0.5) is 0 Å². The Labute approximate surface area is 112 Å². The molecule has 0 aromatic heterocycles. The van der Waals surface area contributed by atoms with Crippen LogP contribution in [0.1, 0.15) is 23.6 Å². The first-order valence-electron chi connectivity index (χ1n) is 5.98. The van der Waals surface area contributed by atoms with Crippen molar-refractivity contribution in [3.63, 3.8) is 0 Å². The molecule has 17 heavy (non-hydrogen) atoms. The number of benzene rings is 2. The number of hydrogen-bond donors (Lipinski definition) is 0. The van der Waals surface area contributed by atoms with E-state index in [1.54, 1.807) is 0 Å². The number of aryl methyl sites for hydroxylation is 2. The topological polar surface area (TPSA) is 0 Å². The Morgan fingerprint density at radius 1 is 1.00 bits per heavy atom. The van der Waals surface area contributed by atoms with Gasteiger partial charge in [0.1, 0.15) is 0 Å². The van der Waals surface area contributed by atoms with Gasteiger partial charge in [-0.05, 0) is 60.2 Å². The summed E-state index contributed by atoms with van der Waals surface area (Å²) in [5.74, 6) is 0. The maximum atomic E-state index is 3.54. The van der Waals surface area contributed by atoms with Crippen LogP contribution in [0.5, 0.6) is 0 Å². The van der Waals surface area contributed by atoms with Gasteiger partial charge < -0.3 is 0 Å². The van der Waals surface area contributed by atoms with Crippen LogP contribution in [0.2, 0.25) is 0 Å². The lowest BCUT2D eigenvalue weighted by atomic mass is 9.93. The van der Waals surface area contributed by atoms with E-state index in [4.69, 9.17) is 0 Å². The SMILES string of the molecule is CCc1cc(Br)ccc1-c1cccc(C)c1C. The lowest BCUT2D eigenvalue weighted by Gasteiger charge is -2.13. The maximum absolute atomic E-state index is 3.54. The zero-order valence-corrected chi connectivity index (χ0v) is 12.1. The third-order valence-electron chi connectivity index (χ3n) is 3.34. The minimum absolute atomic E-state index is 1.06. The molecule has 0 saturated carbocycles. The minimum Gasteiger partial charge on any atom is -0.0614 e. The molecule has 0 aliphatic rings. The van der Waals surface area contributed by atoms with Gasteiger partial charge in [0, 0.05) is 4.47 Å². The largest absolute Gasteiger partial charge is 0.0614 e. The maximum Gasteiger partial charge on any atom is 0.0178 e. The smallest absolute Gasteiger partial charge is 0.0178 e. The van der Waals surface area contributed by atoms with Gasteiger partial charge in [-0.25, -0.2) is 0 Å². The molecular weight excluding hydrogens is 272 g/mol. The van der Waals surface area contributed by atoms with E-state index in [0.29, 0.717) is 0 Å². The van der Waals surface area contributed by atoms with E-state index >= 15 is 0 Å². The highest BCUT2D eigenvalue weighted by Gasteiger charge is 2.08. The highest BCUT2D eigenvalue weighted by molar-refractivity contribution is 9.10. The lowest BCUT2D eigenvalue weighted by molar-refractivity contribution is 1.14. The summed E-state index contributed by atoms with van der Waals surface area (Å²) >= 11 is 3.54. The summed E-state index contributed by atoms with van der Waals surface area (Å²) in [6.45, 7) is 6.58. The second-order valence-electron chi connectivity index (χ2n) is 4.40. The van der Waals surface area contributed by atoms with Crippen molar-refractivity contribution < 1.29 is 0 Å². The van der Waals surface area contributed by atoms with Gasteiger partial charge in [0.05, 0.1) is 0 Å². The Morgan fingerprint density at radius 2 is 1.76 bits per heavy atom. The number of rotatable bonds is 2. The van der Waals surface area contributed by atoms with Gasteiger partial charge in [0.25, 0.3) is 0 Å². The molecule has 2 rings (SSSR count). The van der Waals surface area contributed by atoms with E-state index in [0.717, 1.165) is 10.9 Å². The summed E-state index contributed by atoms with van der Waals surface area (Å²) in [5.41, 5.74) is 6.84. The quantitative estimate of drug-likeness (QED) is 0.704. The van der Waals surface area contributed by atoms with Crippen LogP contribution in [0, 0.1) is 13.8 Å². The van der Waals surface area contributed by atoms with Crippen molar-refractivity contribution >= 4 is 15.9 Å². The summed E-state index contributed by atoms with van der Waals surface area (Å²) in [7, 11) is 0. The fourth-order valence-electron chi connectivity index (χ4n) is 2.16. The Morgan fingerprint density at radius 3 is 2.47 bits per heavy atom. The molecule has 0 spiro atoms. The first-order chi connectivity index (χ1) is 8.13. The Kier molecular flexibility index (Phi) is 3.68. The molecule has 0 aliphatic heterocycles. The predicted octanol–water partition coefficient (Wildman–Crippen LogP) is 5.30. The summed E-state index contributed by atoms with van der Waals surface area (Å²) < 4.78 is 1.16. The van der Waals surface area contributed by atoms with Gasteiger partial charge in [-0.2, -0.15) is 0 Å². The molecule has 2 aromatic rings. The molecule has 0 unspecified atom stereocenters. The Hall–Kier alpha value is -1.08. The fraction of sp³-hybridized carbons (Fsp3) is 0.250. The van der Waals surface area contributed by atoms with Gasteiger partial charge in [-0.1, -0.05) is 47.1 Å². The Balaban J connectivity index is 2.64. The molecule has 88 valence electrons. The van der Waals surface area contributed by atoms with Crippen molar-refractivity contribution in [3.05, 3.63) is 57.6 Å². The highest BCUT2D eigenvalue weighted by Crippen LogP contribution is 2.30. The van der Waals surface area contributed by atoms with Crippen molar-refractivity contribution in [1.29, 1.82) is 0 Å². The van der Waals surface area contributed by atoms with Crippen molar-refractivity contribution in [2.24, 2.45) is 0 Å². The first-order valence-corrected chi connectivity index (χ1v) is 6.77. The van der Waals surface area contributed by atoms with E-state index in [9.17, 15) is 0 Å². The van der Waals surface area contributed by atoms with E-state index < -0.39 is 0 Å². The average Bonchev–Trinajstić information content (AvgIpc) is 2.33. The summed E-state index contributed by atoms with van der Waals surface area (Å²) in [4.78, 5) is 0. The van der Waals surface area contributed by atoms with Crippen LogP contribution in [-0.4, -0.2) is 0 Å². The van der Waals surface area contributed by atoms with Gasteiger partial charge in [0.2, 0.25) is 0 Å². The third-order valence-corrected chi connectivity index (χ3v) is 3.84. The van der Waals surface area contributed by atoms with Gasteiger partial charge in [-0.3, -0.25) is 0 Å². The van der Waals surface area contributed by atoms with Crippen LogP contribution >= 0.6 is 15.9 Å². The molecule has 0 aliphatic carbocycles. The van der Waals surface area contributed by atoms with Crippen molar-refractivity contribution in [1.82, 2.24) is 0 Å². The molecule has 0 amide bonds. The van der Waals surface area contributed by atoms with E-state index in [2.05, 4.69) is 73.1 Å². The average molecular weight is 289 g/mol. The predicted molar refractivity (Wildman–Crippen MR) is 78.4 cm³/mol. The molecule has 0 bridgehead atoms. The molecule has 0 saturated heterocycles. The zero-order valence-electron chi connectivity index (χ0n) is 10.5. The molecule has 0 fully saturated rings. The zero-order chi connectivity index (χ0) is 12.4. The lowest BCUT2D eigenvalue weighted by Crippen LogP contribution is -1.92. The molecule has 0 N–H and O–H groups in total. The van der Waals surface area contributed by atoms with Gasteiger partial charge >= 0.3 is 0 Å². The number of hydrogen-bond acceptors (Lipinski definition) is 0. The summed E-state index contributed by atoms with van der Waals surface area (Å²) in [6, 6.07) is 13.1. The van der Waals surface area contributed by atoms with Gasteiger partial charge in [0.15, 0.2) is 0 Å². The normalized spacial score (nSPS) is 10.6. The number of halogens is 1. The van der Waals surface area contributed by atoms with Crippen LogP contribution in [0.15, 0.2) is 40.9 Å². The van der Waals surface area contributed by atoms with E-state index in [1.165, 1.54) is 27.8 Å². The van der Waals surface area contributed by atoms with Crippen LogP contribution in [-0.2, 0) is 6.42 Å². The van der Waals surface area contributed by atoms with Crippen molar-refractivity contribution in [2.45, 2.75) is 27.2 Å². The second-order valence-corrected chi connectivity index (χ2v) is 5.32. The standard InChI is InChI=1S/C16H17Br/c1-4-13-10-14(17)8-9-16(13)15-7-5-6-11(2)12(15)3/h5-10H,4H2,1-3H3. The van der Waals surface area contributed by atoms with Gasteiger partial charge in [-0.15, -0.1) is 0 Å². The molecule has 0 radical (unpaired) electrons. The highest BCUT2D eigenvalue weighted by atomic mass is 79.9. The minimum atomic E-state index is 1.06. The van der Waals surface area contributed by atoms with Crippen molar-refractivity contribution in [3.8, 4) is 11.1 Å². The molecular formula is C16H17Br. The van der Waals surface area contributed by atoms with Crippen molar-refractivity contribution in [2.75, 3.05) is 0 Å². The first kappa shape index (κ1) is 12.4. The summed E-state index contributed by atoms with van der Waals surface area (Å²) in [5, 5.41) is 0. The van der Waals surface area contributed by atoms with E-state index in [-0.39, 0.29) is 0 Å². The third kappa shape index (κ3) is 2.44. The van der Waals surface area contributed by atoms with Crippen LogP contribution in [0.25, 0.3) is 11.1 Å².